The molecule has 0 saturated carbocycles. The highest BCUT2D eigenvalue weighted by Crippen LogP contribution is 2.38. The highest BCUT2D eigenvalue weighted by Gasteiger charge is 2.28. The molecule has 114 valence electrons. The quantitative estimate of drug-likeness (QED) is 0.828. The molecule has 2 aromatic carbocycles. The summed E-state index contributed by atoms with van der Waals surface area (Å²) in [5, 5.41) is 0. The van der Waals surface area contributed by atoms with Gasteiger partial charge in [0.2, 0.25) is 0 Å². The number of ether oxygens (including phenoxy) is 1. The minimum atomic E-state index is 0.467. The second-order valence-corrected chi connectivity index (χ2v) is 6.47. The fourth-order valence-corrected chi connectivity index (χ4v) is 3.94. The lowest BCUT2D eigenvalue weighted by Gasteiger charge is -2.37. The predicted octanol–water partition coefficient (Wildman–Crippen LogP) is 4.05. The Balaban J connectivity index is 1.75. The van der Waals surface area contributed by atoms with Gasteiger partial charge in [-0.25, -0.2) is 0 Å². The minimum Gasteiger partial charge on any atom is -0.493 e. The third kappa shape index (κ3) is 2.22. The van der Waals surface area contributed by atoms with Crippen molar-refractivity contribution in [2.24, 2.45) is 0 Å². The van der Waals surface area contributed by atoms with E-state index in [1.165, 1.54) is 27.8 Å². The number of nitrogens with zero attached hydrogens (tertiary/aromatic N) is 1. The van der Waals surface area contributed by atoms with E-state index in [1.807, 2.05) is 0 Å². The van der Waals surface area contributed by atoms with Gasteiger partial charge in [-0.15, -0.1) is 0 Å². The van der Waals surface area contributed by atoms with Crippen molar-refractivity contribution in [1.82, 2.24) is 4.90 Å². The monoisotopic (exact) mass is 293 g/mol. The first kappa shape index (κ1) is 13.8. The molecule has 2 nitrogen and oxygen atoms in total. The Morgan fingerprint density at radius 1 is 1.14 bits per heavy atom. The number of hydrogen-bond acceptors (Lipinski definition) is 2. The highest BCUT2D eigenvalue weighted by molar-refractivity contribution is 5.46. The van der Waals surface area contributed by atoms with Gasteiger partial charge in [-0.2, -0.15) is 0 Å². The molecule has 0 bridgehead atoms. The molecule has 22 heavy (non-hydrogen) atoms. The fraction of sp³-hybridized carbons (Fsp3) is 0.400. The molecule has 2 heterocycles. The zero-order valence-corrected chi connectivity index (χ0v) is 13.4. The smallest absolute Gasteiger partial charge is 0.122 e. The fourth-order valence-electron chi connectivity index (χ4n) is 3.94. The normalized spacial score (nSPS) is 20.4. The lowest BCUT2D eigenvalue weighted by Crippen LogP contribution is -2.34. The van der Waals surface area contributed by atoms with Crippen LogP contribution in [0.15, 0.2) is 36.4 Å². The van der Waals surface area contributed by atoms with E-state index in [0.717, 1.165) is 38.3 Å². The van der Waals surface area contributed by atoms with Gasteiger partial charge in [0.1, 0.15) is 5.75 Å². The largest absolute Gasteiger partial charge is 0.493 e. The van der Waals surface area contributed by atoms with E-state index in [1.54, 1.807) is 0 Å². The number of likely N-dealkylation sites (N-methyl/N-ethyl adjacent to an activating group) is 1. The van der Waals surface area contributed by atoms with Crippen LogP contribution >= 0.6 is 0 Å². The first-order valence-electron chi connectivity index (χ1n) is 8.33. The maximum atomic E-state index is 5.80. The van der Waals surface area contributed by atoms with Crippen molar-refractivity contribution >= 4 is 0 Å². The van der Waals surface area contributed by atoms with Gasteiger partial charge in [0, 0.05) is 19.0 Å². The molecule has 0 fully saturated rings. The van der Waals surface area contributed by atoms with Crippen LogP contribution in [0, 0.1) is 6.92 Å². The Morgan fingerprint density at radius 3 is 2.77 bits per heavy atom. The molecule has 0 radical (unpaired) electrons. The van der Waals surface area contributed by atoms with Crippen LogP contribution in [0.4, 0.5) is 0 Å². The van der Waals surface area contributed by atoms with E-state index in [-0.39, 0.29) is 0 Å². The summed E-state index contributed by atoms with van der Waals surface area (Å²) >= 11 is 0. The van der Waals surface area contributed by atoms with E-state index in [2.05, 4.69) is 55.1 Å². The van der Waals surface area contributed by atoms with Gasteiger partial charge in [-0.05, 0) is 53.8 Å². The SMILES string of the molecule is CCN1Cc2ccccc2C[C@H]1c1cc2c(cc1C)CCO2. The van der Waals surface area contributed by atoms with Crippen LogP contribution < -0.4 is 4.74 Å². The number of hydrogen-bond donors (Lipinski definition) is 0. The maximum absolute atomic E-state index is 5.80. The molecule has 0 aliphatic carbocycles. The average Bonchev–Trinajstić information content (AvgIpc) is 3.00. The Labute approximate surface area is 132 Å². The minimum absolute atomic E-state index is 0.467. The van der Waals surface area contributed by atoms with Gasteiger partial charge in [0.25, 0.3) is 0 Å². The first-order chi connectivity index (χ1) is 10.8. The van der Waals surface area contributed by atoms with Gasteiger partial charge >= 0.3 is 0 Å². The van der Waals surface area contributed by atoms with Crippen molar-refractivity contribution in [2.45, 2.75) is 39.3 Å². The molecule has 0 N–H and O–H groups in total. The number of aryl methyl sites for hydroxylation is 1. The summed E-state index contributed by atoms with van der Waals surface area (Å²) < 4.78 is 5.80. The van der Waals surface area contributed by atoms with Crippen LogP contribution in [-0.2, 0) is 19.4 Å². The summed E-state index contributed by atoms with van der Waals surface area (Å²) in [6.07, 6.45) is 2.16. The average molecular weight is 293 g/mol. The van der Waals surface area contributed by atoms with Crippen molar-refractivity contribution in [3.63, 3.8) is 0 Å². The zero-order valence-electron chi connectivity index (χ0n) is 13.4. The van der Waals surface area contributed by atoms with Gasteiger partial charge < -0.3 is 4.74 Å². The third-order valence-corrected chi connectivity index (χ3v) is 5.19. The standard InChI is InChI=1S/C20H23NO/c1-3-21-13-17-7-5-4-6-15(17)11-19(21)18-12-20-16(8-9-22-20)10-14(18)2/h4-7,10,12,19H,3,8-9,11,13H2,1-2H3/t19-/m0/s1. The Bertz CT molecular complexity index is 707. The van der Waals surface area contributed by atoms with Crippen LogP contribution in [0.2, 0.25) is 0 Å². The zero-order chi connectivity index (χ0) is 15.1. The Kier molecular flexibility index (Phi) is 3.42. The lowest BCUT2D eigenvalue weighted by atomic mass is 9.87. The molecule has 2 heteroatoms. The van der Waals surface area contributed by atoms with Gasteiger partial charge in [-0.1, -0.05) is 37.3 Å². The molecule has 1 atom stereocenters. The first-order valence-corrected chi connectivity index (χ1v) is 8.33. The highest BCUT2D eigenvalue weighted by atomic mass is 16.5. The summed E-state index contributed by atoms with van der Waals surface area (Å²) in [5.74, 6) is 1.11. The Hall–Kier alpha value is -1.80. The summed E-state index contributed by atoms with van der Waals surface area (Å²) in [6.45, 7) is 7.48. The molecule has 2 aliphatic heterocycles. The number of benzene rings is 2. The molecule has 2 aromatic rings. The molecule has 0 aromatic heterocycles. The van der Waals surface area contributed by atoms with E-state index < -0.39 is 0 Å². The number of fused-ring (bicyclic) bond motifs is 2. The van der Waals surface area contributed by atoms with Crippen LogP contribution in [0.1, 0.15) is 40.8 Å². The third-order valence-electron chi connectivity index (χ3n) is 5.19. The van der Waals surface area contributed by atoms with Gasteiger partial charge in [0.15, 0.2) is 0 Å². The van der Waals surface area contributed by atoms with E-state index in [4.69, 9.17) is 4.74 Å². The van der Waals surface area contributed by atoms with E-state index in [9.17, 15) is 0 Å². The van der Waals surface area contributed by atoms with Crippen molar-refractivity contribution in [3.05, 3.63) is 64.2 Å². The van der Waals surface area contributed by atoms with Crippen LogP contribution in [-0.4, -0.2) is 18.1 Å². The predicted molar refractivity (Wildman–Crippen MR) is 89.3 cm³/mol. The molecule has 0 unspecified atom stereocenters. The molecule has 0 amide bonds. The summed E-state index contributed by atoms with van der Waals surface area (Å²) in [4.78, 5) is 2.59. The maximum Gasteiger partial charge on any atom is 0.122 e. The molecule has 2 aliphatic rings. The van der Waals surface area contributed by atoms with Crippen LogP contribution in [0.5, 0.6) is 5.75 Å². The molecule has 0 spiro atoms. The van der Waals surface area contributed by atoms with Crippen molar-refractivity contribution in [1.29, 1.82) is 0 Å². The van der Waals surface area contributed by atoms with Crippen LogP contribution in [0.25, 0.3) is 0 Å². The molecule has 4 rings (SSSR count). The summed E-state index contributed by atoms with van der Waals surface area (Å²) in [5.41, 5.74) is 7.21. The summed E-state index contributed by atoms with van der Waals surface area (Å²) in [6, 6.07) is 14.0. The second-order valence-electron chi connectivity index (χ2n) is 6.47. The van der Waals surface area contributed by atoms with Crippen molar-refractivity contribution in [3.8, 4) is 5.75 Å². The van der Waals surface area contributed by atoms with E-state index in [0.29, 0.717) is 6.04 Å². The molecular weight excluding hydrogens is 270 g/mol. The molecular formula is C20H23NO. The van der Waals surface area contributed by atoms with Crippen molar-refractivity contribution in [2.75, 3.05) is 13.2 Å². The van der Waals surface area contributed by atoms with Gasteiger partial charge in [0.05, 0.1) is 6.61 Å². The topological polar surface area (TPSA) is 12.5 Å². The second kappa shape index (κ2) is 5.44. The van der Waals surface area contributed by atoms with E-state index >= 15 is 0 Å². The summed E-state index contributed by atoms with van der Waals surface area (Å²) in [7, 11) is 0. The lowest BCUT2D eigenvalue weighted by molar-refractivity contribution is 0.181. The van der Waals surface area contributed by atoms with Crippen LogP contribution in [0.3, 0.4) is 0 Å². The molecule has 0 saturated heterocycles. The van der Waals surface area contributed by atoms with Crippen molar-refractivity contribution < 1.29 is 4.74 Å². The Morgan fingerprint density at radius 2 is 1.95 bits per heavy atom. The number of rotatable bonds is 2. The van der Waals surface area contributed by atoms with Gasteiger partial charge in [-0.3, -0.25) is 4.90 Å².